The Hall–Kier alpha value is -0.850. The number of nitrogens with one attached hydrogen (secondary N) is 2. The molecule has 1 saturated carbocycles. The van der Waals surface area contributed by atoms with Gasteiger partial charge in [0.15, 0.2) is 0 Å². The molecule has 2 aliphatic rings. The number of hydrogen-bond donors (Lipinski definition) is 3. The van der Waals surface area contributed by atoms with Crippen LogP contribution in [-0.2, 0) is 14.3 Å². The molecule has 1 saturated heterocycles. The lowest BCUT2D eigenvalue weighted by Crippen LogP contribution is -2.53. The van der Waals surface area contributed by atoms with Crippen LogP contribution in [0.4, 0.5) is 0 Å². The monoisotopic (exact) mass is 291 g/mol. The highest BCUT2D eigenvalue weighted by Gasteiger charge is 2.32. The maximum absolute atomic E-state index is 12.0. The molecular weight excluding hydrogens is 270 g/mol. The molecule has 0 aromatic carbocycles. The first-order valence-corrected chi connectivity index (χ1v) is 6.60. The van der Waals surface area contributed by atoms with Crippen molar-refractivity contribution < 1.29 is 14.3 Å². The summed E-state index contributed by atoms with van der Waals surface area (Å²) in [5.41, 5.74) is 5.38. The van der Waals surface area contributed by atoms with E-state index in [1.807, 2.05) is 0 Å². The summed E-state index contributed by atoms with van der Waals surface area (Å²) in [6.45, 7) is 1.85. The molecule has 3 unspecified atom stereocenters. The van der Waals surface area contributed by atoms with Gasteiger partial charge in [0, 0.05) is 19.1 Å². The Labute approximate surface area is 119 Å². The average molecular weight is 292 g/mol. The second kappa shape index (κ2) is 7.67. The predicted molar refractivity (Wildman–Crippen MR) is 72.9 cm³/mol. The summed E-state index contributed by atoms with van der Waals surface area (Å²) in [5, 5.41) is 6.02. The molecule has 4 N–H and O–H groups in total. The highest BCUT2D eigenvalue weighted by atomic mass is 35.5. The summed E-state index contributed by atoms with van der Waals surface area (Å²) in [6, 6.07) is -0.130. The fraction of sp³-hybridized carbons (Fsp3) is 0.833. The van der Waals surface area contributed by atoms with Crippen molar-refractivity contribution in [3.05, 3.63) is 0 Å². The van der Waals surface area contributed by atoms with Crippen molar-refractivity contribution in [1.82, 2.24) is 10.6 Å². The molecule has 0 radical (unpaired) electrons. The van der Waals surface area contributed by atoms with E-state index in [-0.39, 0.29) is 36.2 Å². The van der Waals surface area contributed by atoms with Crippen LogP contribution in [0.15, 0.2) is 0 Å². The Bertz CT molecular complexity index is 321. The van der Waals surface area contributed by atoms with Crippen LogP contribution in [0.1, 0.15) is 25.7 Å². The van der Waals surface area contributed by atoms with E-state index in [1.54, 1.807) is 0 Å². The Morgan fingerprint density at radius 1 is 1.26 bits per heavy atom. The predicted octanol–water partition coefficient (Wildman–Crippen LogP) is -0.443. The first-order valence-electron chi connectivity index (χ1n) is 6.60. The van der Waals surface area contributed by atoms with E-state index in [0.717, 1.165) is 32.2 Å². The third kappa shape index (κ3) is 4.33. The Morgan fingerprint density at radius 3 is 2.63 bits per heavy atom. The Morgan fingerprint density at radius 2 is 2.00 bits per heavy atom. The van der Waals surface area contributed by atoms with Crippen molar-refractivity contribution in [2.75, 3.05) is 19.7 Å². The quantitative estimate of drug-likeness (QED) is 0.657. The number of amides is 2. The minimum atomic E-state index is -0.450. The van der Waals surface area contributed by atoms with Crippen molar-refractivity contribution in [3.8, 4) is 0 Å². The van der Waals surface area contributed by atoms with E-state index in [9.17, 15) is 9.59 Å². The molecule has 2 amide bonds. The van der Waals surface area contributed by atoms with Crippen LogP contribution in [-0.4, -0.2) is 43.7 Å². The van der Waals surface area contributed by atoms with E-state index in [4.69, 9.17) is 10.5 Å². The molecule has 110 valence electrons. The number of ether oxygens (including phenoxy) is 1. The van der Waals surface area contributed by atoms with Crippen molar-refractivity contribution in [2.24, 2.45) is 11.7 Å². The van der Waals surface area contributed by atoms with Gasteiger partial charge in [-0.3, -0.25) is 9.59 Å². The topological polar surface area (TPSA) is 93.5 Å². The second-order valence-electron chi connectivity index (χ2n) is 4.97. The van der Waals surface area contributed by atoms with E-state index >= 15 is 0 Å². The standard InChI is InChI=1S/C12H21N3O3.ClH/c13-11(16)8-3-1-2-4-9(8)15-12(17)10-7-14-5-6-18-10;/h8-10,14H,1-7H2,(H2,13,16)(H,15,17);1H. The number of carbonyl (C=O) groups excluding carboxylic acids is 2. The van der Waals surface area contributed by atoms with Crippen LogP contribution >= 0.6 is 12.4 Å². The van der Waals surface area contributed by atoms with Gasteiger partial charge in [0.05, 0.1) is 12.5 Å². The summed E-state index contributed by atoms with van der Waals surface area (Å²) >= 11 is 0. The molecule has 0 bridgehead atoms. The summed E-state index contributed by atoms with van der Waals surface area (Å²) in [5.74, 6) is -0.692. The fourth-order valence-corrected chi connectivity index (χ4v) is 2.65. The van der Waals surface area contributed by atoms with Crippen LogP contribution < -0.4 is 16.4 Å². The largest absolute Gasteiger partial charge is 0.369 e. The van der Waals surface area contributed by atoms with Crippen molar-refractivity contribution in [2.45, 2.75) is 37.8 Å². The van der Waals surface area contributed by atoms with Crippen molar-refractivity contribution >= 4 is 24.2 Å². The first-order chi connectivity index (χ1) is 8.68. The molecule has 1 aliphatic heterocycles. The number of carbonyl (C=O) groups is 2. The lowest BCUT2D eigenvalue weighted by molar-refractivity contribution is -0.136. The van der Waals surface area contributed by atoms with Crippen molar-refractivity contribution in [1.29, 1.82) is 0 Å². The van der Waals surface area contributed by atoms with Crippen LogP contribution in [0.3, 0.4) is 0 Å². The number of nitrogens with two attached hydrogens (primary N) is 1. The van der Waals surface area contributed by atoms with Crippen LogP contribution in [0.25, 0.3) is 0 Å². The Balaban J connectivity index is 0.00000180. The van der Waals surface area contributed by atoms with Crippen molar-refractivity contribution in [3.63, 3.8) is 0 Å². The highest BCUT2D eigenvalue weighted by Crippen LogP contribution is 2.24. The van der Waals surface area contributed by atoms with Crippen LogP contribution in [0, 0.1) is 5.92 Å². The van der Waals surface area contributed by atoms with Gasteiger partial charge in [-0.2, -0.15) is 0 Å². The van der Waals surface area contributed by atoms with E-state index in [1.165, 1.54) is 0 Å². The minimum absolute atomic E-state index is 0. The van der Waals surface area contributed by atoms with Gasteiger partial charge in [0.25, 0.3) is 5.91 Å². The summed E-state index contributed by atoms with van der Waals surface area (Å²) in [6.07, 6.45) is 3.16. The van der Waals surface area contributed by atoms with Gasteiger partial charge in [-0.1, -0.05) is 12.8 Å². The smallest absolute Gasteiger partial charge is 0.250 e. The zero-order valence-electron chi connectivity index (χ0n) is 10.9. The summed E-state index contributed by atoms with van der Waals surface area (Å²) < 4.78 is 5.39. The van der Waals surface area contributed by atoms with Crippen LogP contribution in [0.5, 0.6) is 0 Å². The van der Waals surface area contributed by atoms with Gasteiger partial charge in [0.1, 0.15) is 6.10 Å². The third-order valence-electron chi connectivity index (χ3n) is 3.68. The normalized spacial score (nSPS) is 31.1. The molecule has 0 aromatic heterocycles. The fourth-order valence-electron chi connectivity index (χ4n) is 2.65. The molecule has 19 heavy (non-hydrogen) atoms. The van der Waals surface area contributed by atoms with E-state index in [2.05, 4.69) is 10.6 Å². The minimum Gasteiger partial charge on any atom is -0.369 e. The number of primary amides is 1. The number of hydrogen-bond acceptors (Lipinski definition) is 4. The number of morpholine rings is 1. The molecule has 0 spiro atoms. The maximum atomic E-state index is 12.0. The number of halogens is 1. The van der Waals surface area contributed by atoms with Gasteiger partial charge in [-0.05, 0) is 12.8 Å². The molecule has 1 aliphatic carbocycles. The molecule has 3 atom stereocenters. The zero-order valence-corrected chi connectivity index (χ0v) is 11.7. The summed E-state index contributed by atoms with van der Waals surface area (Å²) in [4.78, 5) is 23.4. The molecule has 7 heteroatoms. The Kier molecular flexibility index (Phi) is 6.54. The molecule has 0 aromatic rings. The molecule has 2 rings (SSSR count). The SMILES string of the molecule is Cl.NC(=O)C1CCCCC1NC(=O)C1CNCCO1. The molecule has 1 heterocycles. The van der Waals surface area contributed by atoms with Crippen LogP contribution in [0.2, 0.25) is 0 Å². The molecular formula is C12H22ClN3O3. The highest BCUT2D eigenvalue weighted by molar-refractivity contribution is 5.85. The lowest BCUT2D eigenvalue weighted by atomic mass is 9.84. The zero-order chi connectivity index (χ0) is 13.0. The van der Waals surface area contributed by atoms with E-state index < -0.39 is 6.10 Å². The lowest BCUT2D eigenvalue weighted by Gasteiger charge is -2.32. The second-order valence-corrected chi connectivity index (χ2v) is 4.97. The first kappa shape index (κ1) is 16.2. The number of rotatable bonds is 3. The van der Waals surface area contributed by atoms with Gasteiger partial charge >= 0.3 is 0 Å². The molecule has 6 nitrogen and oxygen atoms in total. The molecule has 2 fully saturated rings. The van der Waals surface area contributed by atoms with Gasteiger partial charge in [-0.15, -0.1) is 12.4 Å². The third-order valence-corrected chi connectivity index (χ3v) is 3.68. The average Bonchev–Trinajstić information content (AvgIpc) is 2.40. The van der Waals surface area contributed by atoms with Gasteiger partial charge in [0.2, 0.25) is 5.91 Å². The maximum Gasteiger partial charge on any atom is 0.250 e. The van der Waals surface area contributed by atoms with Gasteiger partial charge < -0.3 is 21.1 Å². The van der Waals surface area contributed by atoms with Gasteiger partial charge in [-0.25, -0.2) is 0 Å². The summed E-state index contributed by atoms with van der Waals surface area (Å²) in [7, 11) is 0. The van der Waals surface area contributed by atoms with E-state index in [0.29, 0.717) is 13.2 Å².